The molecule has 0 radical (unpaired) electrons. The Bertz CT molecular complexity index is 79.0. The first-order valence-corrected chi connectivity index (χ1v) is 3.15. The average molecular weight is 129 g/mol. The highest BCUT2D eigenvalue weighted by Crippen LogP contribution is 1.78. The zero-order valence-corrected chi connectivity index (χ0v) is 6.42. The largest absolute Gasteiger partial charge is 0.500 e. The van der Waals surface area contributed by atoms with Crippen molar-refractivity contribution in [1.29, 1.82) is 0 Å². The van der Waals surface area contributed by atoms with E-state index in [1.54, 1.807) is 6.26 Å². The van der Waals surface area contributed by atoms with Crippen molar-refractivity contribution in [2.45, 2.75) is 6.92 Å². The zero-order valence-electron chi connectivity index (χ0n) is 6.42. The van der Waals surface area contributed by atoms with Crippen LogP contribution in [-0.4, -0.2) is 32.1 Å². The van der Waals surface area contributed by atoms with E-state index in [0.717, 1.165) is 13.2 Å². The molecule has 0 aliphatic carbocycles. The van der Waals surface area contributed by atoms with Gasteiger partial charge < -0.3 is 9.64 Å². The first-order valence-electron chi connectivity index (χ1n) is 3.15. The Balaban J connectivity index is 2.91. The Kier molecular flexibility index (Phi) is 5.32. The van der Waals surface area contributed by atoms with Crippen LogP contribution >= 0.6 is 0 Å². The monoisotopic (exact) mass is 129 g/mol. The van der Waals surface area contributed by atoms with E-state index in [4.69, 9.17) is 4.74 Å². The molecule has 0 aromatic heterocycles. The summed E-state index contributed by atoms with van der Waals surface area (Å²) < 4.78 is 5.07. The van der Waals surface area contributed by atoms with Crippen molar-refractivity contribution in [1.82, 2.24) is 4.90 Å². The molecular formula is C7H15NO. The molecule has 0 atom stereocenters. The molecule has 2 nitrogen and oxygen atoms in total. The third kappa shape index (κ3) is 7.50. The molecule has 0 aromatic rings. The number of ether oxygens (including phenoxy) is 1. The van der Waals surface area contributed by atoms with Crippen LogP contribution in [-0.2, 0) is 4.74 Å². The summed E-state index contributed by atoms with van der Waals surface area (Å²) >= 11 is 0. The fraction of sp³-hybridized carbons (Fsp3) is 0.714. The zero-order chi connectivity index (χ0) is 7.11. The highest BCUT2D eigenvalue weighted by atomic mass is 16.5. The molecule has 0 aromatic carbocycles. The van der Waals surface area contributed by atoms with Gasteiger partial charge in [0.05, 0.1) is 12.9 Å². The van der Waals surface area contributed by atoms with E-state index >= 15 is 0 Å². The summed E-state index contributed by atoms with van der Waals surface area (Å²) in [5.74, 6) is 0. The molecule has 9 heavy (non-hydrogen) atoms. The second-order valence-corrected chi connectivity index (χ2v) is 2.14. The Morgan fingerprint density at radius 3 is 2.56 bits per heavy atom. The summed E-state index contributed by atoms with van der Waals surface area (Å²) in [6.45, 7) is 3.69. The van der Waals surface area contributed by atoms with E-state index in [0.29, 0.717) is 0 Å². The lowest BCUT2D eigenvalue weighted by molar-refractivity contribution is 0.212. The molecule has 0 saturated heterocycles. The predicted molar refractivity (Wildman–Crippen MR) is 39.3 cm³/mol. The minimum atomic E-state index is 0.775. The van der Waals surface area contributed by atoms with E-state index in [-0.39, 0.29) is 0 Å². The quantitative estimate of drug-likeness (QED) is 0.416. The van der Waals surface area contributed by atoms with Crippen molar-refractivity contribution in [3.8, 4) is 0 Å². The summed E-state index contributed by atoms with van der Waals surface area (Å²) in [6.07, 6.45) is 3.60. The smallest absolute Gasteiger partial charge is 0.0999 e. The molecule has 0 spiro atoms. The maximum Gasteiger partial charge on any atom is 0.0999 e. The van der Waals surface area contributed by atoms with Gasteiger partial charge >= 0.3 is 0 Å². The number of allylic oxidation sites excluding steroid dienone is 1. The van der Waals surface area contributed by atoms with Gasteiger partial charge in [0, 0.05) is 6.54 Å². The Labute approximate surface area is 57.1 Å². The fourth-order valence-corrected chi connectivity index (χ4v) is 0.400. The Morgan fingerprint density at radius 2 is 2.11 bits per heavy atom. The highest BCUT2D eigenvalue weighted by Gasteiger charge is 1.85. The van der Waals surface area contributed by atoms with Crippen molar-refractivity contribution in [3.05, 3.63) is 12.3 Å². The van der Waals surface area contributed by atoms with E-state index in [1.807, 2.05) is 27.1 Å². The molecule has 0 rings (SSSR count). The maximum atomic E-state index is 5.07. The van der Waals surface area contributed by atoms with E-state index in [1.165, 1.54) is 0 Å². The molecule has 0 amide bonds. The van der Waals surface area contributed by atoms with Crippen LogP contribution in [0.2, 0.25) is 0 Å². The van der Waals surface area contributed by atoms with Crippen molar-refractivity contribution < 1.29 is 4.74 Å². The second kappa shape index (κ2) is 5.63. The van der Waals surface area contributed by atoms with E-state index in [9.17, 15) is 0 Å². The summed E-state index contributed by atoms with van der Waals surface area (Å²) in [5, 5.41) is 0. The SMILES string of the molecule is CC=COCCN(C)C. The van der Waals surface area contributed by atoms with Gasteiger partial charge in [-0.2, -0.15) is 0 Å². The second-order valence-electron chi connectivity index (χ2n) is 2.14. The van der Waals surface area contributed by atoms with Gasteiger partial charge in [-0.15, -0.1) is 0 Å². The third-order valence-electron chi connectivity index (χ3n) is 0.889. The summed E-state index contributed by atoms with van der Waals surface area (Å²) in [5.41, 5.74) is 0. The van der Waals surface area contributed by atoms with E-state index < -0.39 is 0 Å². The lowest BCUT2D eigenvalue weighted by Gasteiger charge is -2.07. The molecule has 2 heteroatoms. The normalized spacial score (nSPS) is 11.1. The molecule has 0 unspecified atom stereocenters. The number of rotatable bonds is 4. The fourth-order valence-electron chi connectivity index (χ4n) is 0.400. The predicted octanol–water partition coefficient (Wildman–Crippen LogP) is 1.10. The van der Waals surface area contributed by atoms with Crippen LogP contribution in [0, 0.1) is 0 Å². The first kappa shape index (κ1) is 8.50. The number of nitrogens with zero attached hydrogens (tertiary/aromatic N) is 1. The van der Waals surface area contributed by atoms with Crippen LogP contribution < -0.4 is 0 Å². The molecule has 54 valence electrons. The van der Waals surface area contributed by atoms with Crippen LogP contribution in [0.5, 0.6) is 0 Å². The van der Waals surface area contributed by atoms with Crippen molar-refractivity contribution in [3.63, 3.8) is 0 Å². The lowest BCUT2D eigenvalue weighted by atomic mass is 10.6. The number of hydrogen-bond acceptors (Lipinski definition) is 2. The van der Waals surface area contributed by atoms with Gasteiger partial charge in [0.15, 0.2) is 0 Å². The van der Waals surface area contributed by atoms with Gasteiger partial charge in [-0.1, -0.05) is 6.08 Å². The standard InChI is InChI=1S/C7H15NO/c1-4-6-9-7-5-8(2)3/h4,6H,5,7H2,1-3H3. The van der Waals surface area contributed by atoms with Crippen molar-refractivity contribution in [2.75, 3.05) is 27.2 Å². The Hall–Kier alpha value is -0.500. The molecule has 0 N–H and O–H groups in total. The molecule has 0 heterocycles. The van der Waals surface area contributed by atoms with Crippen molar-refractivity contribution in [2.24, 2.45) is 0 Å². The highest BCUT2D eigenvalue weighted by molar-refractivity contribution is 4.65. The summed E-state index contributed by atoms with van der Waals surface area (Å²) in [6, 6.07) is 0. The minimum Gasteiger partial charge on any atom is -0.500 e. The Morgan fingerprint density at radius 1 is 1.44 bits per heavy atom. The third-order valence-corrected chi connectivity index (χ3v) is 0.889. The molecule has 0 aliphatic heterocycles. The summed E-state index contributed by atoms with van der Waals surface area (Å²) in [7, 11) is 4.05. The average Bonchev–Trinajstić information content (AvgIpc) is 1.80. The number of likely N-dealkylation sites (N-methyl/N-ethyl adjacent to an activating group) is 1. The van der Waals surface area contributed by atoms with Crippen LogP contribution in [0.1, 0.15) is 6.92 Å². The molecular weight excluding hydrogens is 114 g/mol. The molecule has 0 bridgehead atoms. The van der Waals surface area contributed by atoms with Gasteiger partial charge in [0.2, 0.25) is 0 Å². The van der Waals surface area contributed by atoms with Gasteiger partial charge in [0.25, 0.3) is 0 Å². The van der Waals surface area contributed by atoms with Gasteiger partial charge in [-0.3, -0.25) is 0 Å². The van der Waals surface area contributed by atoms with Crippen LogP contribution in [0.25, 0.3) is 0 Å². The van der Waals surface area contributed by atoms with Crippen LogP contribution in [0.15, 0.2) is 12.3 Å². The molecule has 0 aliphatic rings. The van der Waals surface area contributed by atoms with E-state index in [2.05, 4.69) is 4.90 Å². The maximum absolute atomic E-state index is 5.07. The van der Waals surface area contributed by atoms with Gasteiger partial charge in [-0.05, 0) is 21.0 Å². The lowest BCUT2D eigenvalue weighted by Crippen LogP contribution is -2.16. The van der Waals surface area contributed by atoms with Crippen molar-refractivity contribution >= 4 is 0 Å². The van der Waals surface area contributed by atoms with Gasteiger partial charge in [-0.25, -0.2) is 0 Å². The number of hydrogen-bond donors (Lipinski definition) is 0. The topological polar surface area (TPSA) is 12.5 Å². The molecule has 0 saturated carbocycles. The van der Waals surface area contributed by atoms with Crippen LogP contribution in [0.4, 0.5) is 0 Å². The van der Waals surface area contributed by atoms with Crippen LogP contribution in [0.3, 0.4) is 0 Å². The molecule has 0 fully saturated rings. The minimum absolute atomic E-state index is 0.775. The summed E-state index contributed by atoms with van der Waals surface area (Å²) in [4.78, 5) is 2.09. The van der Waals surface area contributed by atoms with Gasteiger partial charge in [0.1, 0.15) is 0 Å². The first-order chi connectivity index (χ1) is 4.27.